The Morgan fingerprint density at radius 3 is 2.68 bits per heavy atom. The monoisotopic (exact) mass is 516 g/mol. The third-order valence-corrected chi connectivity index (χ3v) is 8.68. The molecule has 8 heteroatoms. The maximum absolute atomic E-state index is 13.9. The molecule has 4 aromatic rings. The Labute approximate surface area is 219 Å². The van der Waals surface area contributed by atoms with E-state index in [-0.39, 0.29) is 23.7 Å². The van der Waals surface area contributed by atoms with Gasteiger partial charge in [0.2, 0.25) is 0 Å². The number of benzene rings is 2. The quantitative estimate of drug-likeness (QED) is 0.355. The van der Waals surface area contributed by atoms with Gasteiger partial charge in [0.1, 0.15) is 11.5 Å². The molecular formula is C29H29FN4O2S. The number of nitrogens with zero attached hydrogens (tertiary/aromatic N) is 3. The molecule has 2 aromatic carbocycles. The first-order valence-corrected chi connectivity index (χ1v) is 13.7. The van der Waals surface area contributed by atoms with Crippen LogP contribution in [0, 0.1) is 5.82 Å². The number of nitrogens with one attached hydrogen (secondary N) is 1. The largest absolute Gasteiger partial charge is 0.351 e. The molecule has 0 unspecified atom stereocenters. The first kappa shape index (κ1) is 23.9. The van der Waals surface area contributed by atoms with Crippen LogP contribution in [0.3, 0.4) is 0 Å². The highest BCUT2D eigenvalue weighted by atomic mass is 32.1. The van der Waals surface area contributed by atoms with Gasteiger partial charge in [0.15, 0.2) is 0 Å². The maximum atomic E-state index is 13.9. The number of thiazole rings is 1. The Bertz CT molecular complexity index is 1470. The summed E-state index contributed by atoms with van der Waals surface area (Å²) in [6, 6.07) is 13.9. The molecule has 37 heavy (non-hydrogen) atoms. The second-order valence-corrected chi connectivity index (χ2v) is 11.1. The van der Waals surface area contributed by atoms with Crippen LogP contribution in [0.15, 0.2) is 54.7 Å². The summed E-state index contributed by atoms with van der Waals surface area (Å²) in [5.41, 5.74) is 2.87. The van der Waals surface area contributed by atoms with Crippen LogP contribution in [-0.4, -0.2) is 45.4 Å². The van der Waals surface area contributed by atoms with E-state index >= 15 is 0 Å². The van der Waals surface area contributed by atoms with Gasteiger partial charge in [-0.2, -0.15) is 0 Å². The molecule has 6 rings (SSSR count). The molecule has 2 aromatic heterocycles. The summed E-state index contributed by atoms with van der Waals surface area (Å²) >= 11 is 1.55. The first-order valence-electron chi connectivity index (χ1n) is 12.9. The van der Waals surface area contributed by atoms with Crippen molar-refractivity contribution in [3.05, 3.63) is 76.8 Å². The molecule has 1 N–H and O–H groups in total. The summed E-state index contributed by atoms with van der Waals surface area (Å²) < 4.78 is 15.6. The fraction of sp³-hybridized carbons (Fsp3) is 0.345. The van der Waals surface area contributed by atoms with Gasteiger partial charge in [0.05, 0.1) is 9.88 Å². The number of hydrogen-bond donors (Lipinski definition) is 1. The van der Waals surface area contributed by atoms with Crippen molar-refractivity contribution in [2.45, 2.75) is 44.1 Å². The average molecular weight is 517 g/mol. The van der Waals surface area contributed by atoms with Crippen LogP contribution in [0.25, 0.3) is 21.3 Å². The predicted octanol–water partition coefficient (Wildman–Crippen LogP) is 5.74. The second kappa shape index (κ2) is 9.74. The first-order chi connectivity index (χ1) is 18.0. The molecule has 0 bridgehead atoms. The van der Waals surface area contributed by atoms with Crippen LogP contribution in [0.5, 0.6) is 0 Å². The second-order valence-electron chi connectivity index (χ2n) is 10.1. The van der Waals surface area contributed by atoms with Crippen molar-refractivity contribution in [3.63, 3.8) is 0 Å². The lowest BCUT2D eigenvalue weighted by Gasteiger charge is -2.35. The zero-order chi connectivity index (χ0) is 25.5. The van der Waals surface area contributed by atoms with Gasteiger partial charge >= 0.3 is 0 Å². The van der Waals surface area contributed by atoms with Crippen LogP contribution >= 0.6 is 11.3 Å². The van der Waals surface area contributed by atoms with Gasteiger partial charge in [0.25, 0.3) is 11.8 Å². The normalized spacial score (nSPS) is 17.8. The number of rotatable bonds is 6. The standard InChI is InChI=1S/C29H29FN4O2S/c1-33-15-13-18-5-8-21(16-24(18)33)27(35)31-17-23-4-2-3-14-34(23)29(36)25-26(19-9-11-22(30)12-10-19)37-28(32-25)20-6-7-20/h5,8-13,15-16,20,23H,2-4,6-7,14,17H2,1H3,(H,31,35)/t23-/m0/s1. The number of hydrogen-bond acceptors (Lipinski definition) is 4. The Morgan fingerprint density at radius 2 is 1.89 bits per heavy atom. The molecule has 2 amide bonds. The average Bonchev–Trinajstić information content (AvgIpc) is 3.58. The van der Waals surface area contributed by atoms with Gasteiger partial charge in [-0.1, -0.05) is 18.2 Å². The highest BCUT2D eigenvalue weighted by molar-refractivity contribution is 7.15. The van der Waals surface area contributed by atoms with Crippen LogP contribution < -0.4 is 5.32 Å². The number of amides is 2. The number of carbonyl (C=O) groups excluding carboxylic acids is 2. The zero-order valence-corrected chi connectivity index (χ0v) is 21.6. The highest BCUT2D eigenvalue weighted by Gasteiger charge is 2.34. The smallest absolute Gasteiger partial charge is 0.274 e. The Kier molecular flexibility index (Phi) is 6.28. The van der Waals surface area contributed by atoms with E-state index < -0.39 is 0 Å². The lowest BCUT2D eigenvalue weighted by Crippen LogP contribution is -2.49. The van der Waals surface area contributed by atoms with E-state index in [2.05, 4.69) is 5.32 Å². The minimum atomic E-state index is -0.304. The van der Waals surface area contributed by atoms with E-state index in [9.17, 15) is 14.0 Å². The number of fused-ring (bicyclic) bond motifs is 1. The minimum Gasteiger partial charge on any atom is -0.351 e. The van der Waals surface area contributed by atoms with Crippen molar-refractivity contribution < 1.29 is 14.0 Å². The van der Waals surface area contributed by atoms with E-state index in [1.165, 1.54) is 12.1 Å². The number of piperidine rings is 1. The Morgan fingerprint density at radius 1 is 1.08 bits per heavy atom. The predicted molar refractivity (Wildman–Crippen MR) is 143 cm³/mol. The molecule has 0 spiro atoms. The van der Waals surface area contributed by atoms with Gasteiger partial charge in [0, 0.05) is 49.4 Å². The zero-order valence-electron chi connectivity index (χ0n) is 20.7. The van der Waals surface area contributed by atoms with E-state index in [1.807, 2.05) is 47.0 Å². The van der Waals surface area contributed by atoms with Crippen molar-refractivity contribution in [2.24, 2.45) is 7.05 Å². The van der Waals surface area contributed by atoms with Gasteiger partial charge in [-0.15, -0.1) is 11.3 Å². The minimum absolute atomic E-state index is 0.101. The molecule has 6 nitrogen and oxygen atoms in total. The summed E-state index contributed by atoms with van der Waals surface area (Å²) in [6.45, 7) is 1.02. The van der Waals surface area contributed by atoms with Gasteiger partial charge < -0.3 is 14.8 Å². The van der Waals surface area contributed by atoms with Crippen molar-refractivity contribution in [1.82, 2.24) is 19.8 Å². The van der Waals surface area contributed by atoms with Crippen LogP contribution in [0.1, 0.15) is 63.9 Å². The third kappa shape index (κ3) is 4.78. The van der Waals surface area contributed by atoms with Crippen molar-refractivity contribution in [2.75, 3.05) is 13.1 Å². The topological polar surface area (TPSA) is 67.2 Å². The molecule has 190 valence electrons. The molecule has 1 saturated carbocycles. The molecule has 3 heterocycles. The SMILES string of the molecule is Cn1ccc2ccc(C(=O)NC[C@@H]3CCCCN3C(=O)c3nc(C4CC4)sc3-c3ccc(F)cc3)cc21. The van der Waals surface area contributed by atoms with E-state index in [0.717, 1.165) is 58.5 Å². The number of carbonyl (C=O) groups is 2. The molecule has 0 radical (unpaired) electrons. The van der Waals surface area contributed by atoms with Gasteiger partial charge in [-0.3, -0.25) is 9.59 Å². The van der Waals surface area contributed by atoms with E-state index in [4.69, 9.17) is 4.98 Å². The summed E-state index contributed by atoms with van der Waals surface area (Å²) in [7, 11) is 1.96. The molecular weight excluding hydrogens is 487 g/mol. The fourth-order valence-electron chi connectivity index (χ4n) is 5.12. The molecule has 1 saturated heterocycles. The Hall–Kier alpha value is -3.52. The van der Waals surface area contributed by atoms with Crippen LogP contribution in [-0.2, 0) is 7.05 Å². The van der Waals surface area contributed by atoms with Crippen molar-refractivity contribution in [1.29, 1.82) is 0 Å². The van der Waals surface area contributed by atoms with Gasteiger partial charge in [-0.05, 0) is 73.4 Å². The molecule has 2 aliphatic rings. The third-order valence-electron chi connectivity index (χ3n) is 7.42. The number of likely N-dealkylation sites (tertiary alicyclic amines) is 1. The summed E-state index contributed by atoms with van der Waals surface area (Å²) in [4.78, 5) is 34.4. The summed E-state index contributed by atoms with van der Waals surface area (Å²) in [6.07, 6.45) is 6.92. The highest BCUT2D eigenvalue weighted by Crippen LogP contribution is 2.45. The lowest BCUT2D eigenvalue weighted by molar-refractivity contribution is 0.0598. The van der Waals surface area contributed by atoms with E-state index in [1.54, 1.807) is 23.5 Å². The summed E-state index contributed by atoms with van der Waals surface area (Å²) in [5.74, 6) is -0.130. The van der Waals surface area contributed by atoms with Crippen LogP contribution in [0.2, 0.25) is 0 Å². The fourth-order valence-corrected chi connectivity index (χ4v) is 6.35. The molecule has 1 aliphatic carbocycles. The van der Waals surface area contributed by atoms with Gasteiger partial charge in [-0.25, -0.2) is 9.37 Å². The molecule has 1 aliphatic heterocycles. The lowest BCUT2D eigenvalue weighted by atomic mass is 10.0. The number of aromatic nitrogens is 2. The maximum Gasteiger partial charge on any atom is 0.274 e. The molecule has 1 atom stereocenters. The Balaban J connectivity index is 1.22. The number of halogens is 1. The van der Waals surface area contributed by atoms with E-state index in [0.29, 0.717) is 30.3 Å². The van der Waals surface area contributed by atoms with Crippen molar-refractivity contribution >= 4 is 34.1 Å². The van der Waals surface area contributed by atoms with Crippen molar-refractivity contribution in [3.8, 4) is 10.4 Å². The molecule has 2 fully saturated rings. The summed E-state index contributed by atoms with van der Waals surface area (Å²) in [5, 5.41) is 5.14. The van der Waals surface area contributed by atoms with Crippen LogP contribution in [0.4, 0.5) is 4.39 Å². The number of aryl methyl sites for hydroxylation is 1.